The Balaban J connectivity index is 2.01. The fraction of sp³-hybridized carbons (Fsp3) is 0.643. The Bertz CT molecular complexity index is 568. The number of aromatic nitrogens is 2. The van der Waals surface area contributed by atoms with Crippen molar-refractivity contribution in [3.63, 3.8) is 0 Å². The topological polar surface area (TPSA) is 52.6 Å². The summed E-state index contributed by atoms with van der Waals surface area (Å²) < 4.78 is 36.9. The highest BCUT2D eigenvalue weighted by Crippen LogP contribution is 2.22. The van der Waals surface area contributed by atoms with Crippen molar-refractivity contribution in [1.82, 2.24) is 14.9 Å². The lowest BCUT2D eigenvalue weighted by molar-refractivity contribution is -0.161. The minimum atomic E-state index is -4.46. The molecule has 1 aromatic heterocycles. The molecule has 1 fully saturated rings. The molecule has 0 radical (unpaired) electrons. The Kier molecular flexibility index (Phi) is 4.96. The maximum absolute atomic E-state index is 12.3. The number of alkyl halides is 3. The number of hydrogen-bond acceptors (Lipinski definition) is 5. The summed E-state index contributed by atoms with van der Waals surface area (Å²) in [6.45, 7) is 3.17. The summed E-state index contributed by atoms with van der Waals surface area (Å²) in [4.78, 5) is 25.4. The van der Waals surface area contributed by atoms with Crippen molar-refractivity contribution in [3.05, 3.63) is 11.8 Å². The van der Waals surface area contributed by atoms with E-state index < -0.39 is 18.5 Å². The van der Waals surface area contributed by atoms with Gasteiger partial charge in [-0.3, -0.25) is 4.79 Å². The van der Waals surface area contributed by atoms with E-state index in [4.69, 9.17) is 0 Å². The molecule has 23 heavy (non-hydrogen) atoms. The molecule has 0 aromatic carbocycles. The predicted octanol–water partition coefficient (Wildman–Crippen LogP) is 1.45. The second-order valence-electron chi connectivity index (χ2n) is 5.72. The molecule has 0 spiro atoms. The van der Waals surface area contributed by atoms with Crippen molar-refractivity contribution in [2.24, 2.45) is 0 Å². The number of piperazine rings is 1. The zero-order chi connectivity index (χ0) is 17.2. The molecular weight excluding hydrogens is 311 g/mol. The summed E-state index contributed by atoms with van der Waals surface area (Å²) in [5.74, 6) is 0.427. The lowest BCUT2D eigenvalue weighted by atomic mass is 10.3. The van der Waals surface area contributed by atoms with Gasteiger partial charge >= 0.3 is 6.18 Å². The lowest BCUT2D eigenvalue weighted by Crippen LogP contribution is -2.50. The lowest BCUT2D eigenvalue weighted by Gasteiger charge is -2.35. The molecule has 2 rings (SSSR count). The minimum absolute atomic E-state index is 0.240. The van der Waals surface area contributed by atoms with Crippen molar-refractivity contribution in [2.45, 2.75) is 19.5 Å². The van der Waals surface area contributed by atoms with Gasteiger partial charge in [0.1, 0.15) is 12.2 Å². The Hall–Kier alpha value is -2.06. The van der Waals surface area contributed by atoms with Crippen LogP contribution in [0.2, 0.25) is 0 Å². The van der Waals surface area contributed by atoms with Gasteiger partial charge < -0.3 is 14.7 Å². The molecule has 128 valence electrons. The molecule has 1 aliphatic rings. The van der Waals surface area contributed by atoms with Gasteiger partial charge in [0.25, 0.3) is 0 Å². The number of nitrogens with zero attached hydrogens (tertiary/aromatic N) is 5. The third-order valence-corrected chi connectivity index (χ3v) is 3.55. The van der Waals surface area contributed by atoms with Crippen molar-refractivity contribution >= 4 is 17.7 Å². The van der Waals surface area contributed by atoms with E-state index in [0.717, 1.165) is 11.5 Å². The highest BCUT2D eigenvalue weighted by Gasteiger charge is 2.34. The zero-order valence-electron chi connectivity index (χ0n) is 13.4. The number of halogens is 3. The molecule has 1 aromatic rings. The molecule has 0 atom stereocenters. The average Bonchev–Trinajstić information content (AvgIpc) is 2.45. The third-order valence-electron chi connectivity index (χ3n) is 3.55. The van der Waals surface area contributed by atoms with E-state index in [-0.39, 0.29) is 13.1 Å². The molecule has 0 bridgehead atoms. The summed E-state index contributed by atoms with van der Waals surface area (Å²) in [6.07, 6.45) is -5.87. The quantitative estimate of drug-likeness (QED) is 0.839. The molecular formula is C14H20F3N5O. The van der Waals surface area contributed by atoms with Crippen LogP contribution in [0.4, 0.5) is 24.9 Å². The smallest absolute Gasteiger partial charge is 0.363 e. The van der Waals surface area contributed by atoms with Crippen LogP contribution < -0.4 is 9.80 Å². The standard InChI is InChI=1S/C14H20F3N5O/c1-10-8-11(20(2)3)19-13(18-10)22-6-4-21(5-7-22)12(23)9-14(15,16)17/h8H,4-7,9H2,1-3H3. The number of amides is 1. The molecule has 2 heterocycles. The van der Waals surface area contributed by atoms with Crippen LogP contribution in [0.3, 0.4) is 0 Å². The highest BCUT2D eigenvalue weighted by atomic mass is 19.4. The SMILES string of the molecule is Cc1cc(N(C)C)nc(N2CCN(C(=O)CC(F)(F)F)CC2)n1. The second kappa shape index (κ2) is 6.59. The minimum Gasteiger partial charge on any atom is -0.363 e. The number of carbonyl (C=O) groups is 1. The van der Waals surface area contributed by atoms with E-state index in [2.05, 4.69) is 9.97 Å². The van der Waals surface area contributed by atoms with Crippen LogP contribution in [-0.4, -0.2) is 67.2 Å². The van der Waals surface area contributed by atoms with Gasteiger partial charge in [0.05, 0.1) is 0 Å². The van der Waals surface area contributed by atoms with Crippen LogP contribution in [0, 0.1) is 6.92 Å². The maximum Gasteiger partial charge on any atom is 0.397 e. The normalized spacial score (nSPS) is 15.7. The summed E-state index contributed by atoms with van der Waals surface area (Å²) in [5, 5.41) is 0. The van der Waals surface area contributed by atoms with Crippen LogP contribution in [0.25, 0.3) is 0 Å². The van der Waals surface area contributed by atoms with E-state index in [9.17, 15) is 18.0 Å². The molecule has 1 aliphatic heterocycles. The van der Waals surface area contributed by atoms with Crippen LogP contribution in [0.15, 0.2) is 6.07 Å². The van der Waals surface area contributed by atoms with E-state index in [1.807, 2.05) is 36.9 Å². The van der Waals surface area contributed by atoms with Gasteiger partial charge in [-0.25, -0.2) is 4.98 Å². The summed E-state index contributed by atoms with van der Waals surface area (Å²) in [7, 11) is 3.75. The largest absolute Gasteiger partial charge is 0.397 e. The Morgan fingerprint density at radius 3 is 2.35 bits per heavy atom. The predicted molar refractivity (Wildman–Crippen MR) is 80.6 cm³/mol. The molecule has 0 saturated carbocycles. The molecule has 1 amide bonds. The second-order valence-corrected chi connectivity index (χ2v) is 5.72. The first-order valence-corrected chi connectivity index (χ1v) is 7.28. The number of hydrogen-bond donors (Lipinski definition) is 0. The molecule has 1 saturated heterocycles. The number of aryl methyl sites for hydroxylation is 1. The van der Waals surface area contributed by atoms with Gasteiger partial charge in [-0.05, 0) is 6.92 Å². The first-order valence-electron chi connectivity index (χ1n) is 7.28. The Morgan fingerprint density at radius 1 is 1.22 bits per heavy atom. The first-order chi connectivity index (χ1) is 10.7. The molecule has 0 N–H and O–H groups in total. The number of rotatable bonds is 3. The van der Waals surface area contributed by atoms with Crippen LogP contribution >= 0.6 is 0 Å². The molecule has 6 nitrogen and oxygen atoms in total. The number of anilines is 2. The Labute approximate surface area is 132 Å². The van der Waals surface area contributed by atoms with Gasteiger partial charge in [0.2, 0.25) is 11.9 Å². The zero-order valence-corrected chi connectivity index (χ0v) is 13.4. The summed E-state index contributed by atoms with van der Waals surface area (Å²) in [5.41, 5.74) is 0.814. The molecule has 9 heteroatoms. The van der Waals surface area contributed by atoms with E-state index in [1.54, 1.807) is 0 Å². The first kappa shape index (κ1) is 17.3. The van der Waals surface area contributed by atoms with Gasteiger partial charge in [-0.1, -0.05) is 0 Å². The van der Waals surface area contributed by atoms with Gasteiger partial charge in [-0.15, -0.1) is 0 Å². The van der Waals surface area contributed by atoms with E-state index in [1.165, 1.54) is 4.90 Å². The fourth-order valence-corrected chi connectivity index (χ4v) is 2.35. The summed E-state index contributed by atoms with van der Waals surface area (Å²) >= 11 is 0. The Morgan fingerprint density at radius 2 is 1.83 bits per heavy atom. The average molecular weight is 331 g/mol. The number of carbonyl (C=O) groups excluding carboxylic acids is 1. The van der Waals surface area contributed by atoms with Crippen LogP contribution in [0.1, 0.15) is 12.1 Å². The molecule has 0 aliphatic carbocycles. The van der Waals surface area contributed by atoms with E-state index in [0.29, 0.717) is 19.0 Å². The molecule has 0 unspecified atom stereocenters. The fourth-order valence-electron chi connectivity index (χ4n) is 2.35. The van der Waals surface area contributed by atoms with Crippen molar-refractivity contribution in [2.75, 3.05) is 50.1 Å². The van der Waals surface area contributed by atoms with Gasteiger partial charge in [0, 0.05) is 52.0 Å². The summed E-state index contributed by atoms with van der Waals surface area (Å²) in [6, 6.07) is 1.85. The van der Waals surface area contributed by atoms with Gasteiger partial charge in [-0.2, -0.15) is 18.2 Å². The van der Waals surface area contributed by atoms with Crippen molar-refractivity contribution in [3.8, 4) is 0 Å². The van der Waals surface area contributed by atoms with Crippen LogP contribution in [0.5, 0.6) is 0 Å². The van der Waals surface area contributed by atoms with Crippen LogP contribution in [-0.2, 0) is 4.79 Å². The maximum atomic E-state index is 12.3. The van der Waals surface area contributed by atoms with E-state index >= 15 is 0 Å². The monoisotopic (exact) mass is 331 g/mol. The third kappa shape index (κ3) is 4.70. The van der Waals surface area contributed by atoms with Crippen molar-refractivity contribution in [1.29, 1.82) is 0 Å². The highest BCUT2D eigenvalue weighted by molar-refractivity contribution is 5.77. The van der Waals surface area contributed by atoms with Gasteiger partial charge in [0.15, 0.2) is 0 Å². The van der Waals surface area contributed by atoms with Crippen molar-refractivity contribution < 1.29 is 18.0 Å².